The first-order valence-corrected chi connectivity index (χ1v) is 9.00. The third-order valence-electron chi connectivity index (χ3n) is 3.45. The van der Waals surface area contributed by atoms with Crippen LogP contribution in [0.15, 0.2) is 35.5 Å². The molecule has 0 spiro atoms. The molecule has 0 aliphatic heterocycles. The normalized spacial score (nSPS) is 11.6. The van der Waals surface area contributed by atoms with E-state index in [0.29, 0.717) is 17.8 Å². The lowest BCUT2D eigenvalue weighted by Gasteiger charge is -2.10. The SMILES string of the molecule is CCc1ncc(Cn2nc(-c3cnc(OCC(C)(F)F)nc3)ccc2=O)s1. The summed E-state index contributed by atoms with van der Waals surface area (Å²) in [6, 6.07) is 2.82. The third kappa shape index (κ3) is 5.13. The topological polar surface area (TPSA) is 82.8 Å². The smallest absolute Gasteiger partial charge is 0.316 e. The van der Waals surface area contributed by atoms with Gasteiger partial charge >= 0.3 is 6.01 Å². The predicted molar refractivity (Wildman–Crippen MR) is 96.2 cm³/mol. The average Bonchev–Trinajstić information content (AvgIpc) is 3.09. The van der Waals surface area contributed by atoms with Gasteiger partial charge in [-0.05, 0) is 12.5 Å². The number of nitrogens with zero attached hydrogens (tertiary/aromatic N) is 5. The van der Waals surface area contributed by atoms with Crippen molar-refractivity contribution in [1.82, 2.24) is 24.7 Å². The molecule has 0 aliphatic rings. The molecule has 3 heterocycles. The molecular formula is C17H17F2N5O2S. The molecule has 27 heavy (non-hydrogen) atoms. The minimum absolute atomic E-state index is 0.148. The van der Waals surface area contributed by atoms with Crippen LogP contribution in [0.4, 0.5) is 8.78 Å². The van der Waals surface area contributed by atoms with Crippen LogP contribution in [0.5, 0.6) is 6.01 Å². The molecule has 0 amide bonds. The van der Waals surface area contributed by atoms with Crippen molar-refractivity contribution in [2.45, 2.75) is 32.7 Å². The lowest BCUT2D eigenvalue weighted by Crippen LogP contribution is -2.22. The monoisotopic (exact) mass is 393 g/mol. The fraction of sp³-hybridized carbons (Fsp3) is 0.353. The highest BCUT2D eigenvalue weighted by Gasteiger charge is 2.22. The van der Waals surface area contributed by atoms with E-state index in [1.807, 2.05) is 6.92 Å². The Morgan fingerprint density at radius 1 is 1.19 bits per heavy atom. The molecule has 0 fully saturated rings. The largest absolute Gasteiger partial charge is 0.457 e. The van der Waals surface area contributed by atoms with Crippen LogP contribution in [0.2, 0.25) is 0 Å². The fourth-order valence-corrected chi connectivity index (χ4v) is 3.01. The first-order chi connectivity index (χ1) is 12.8. The second kappa shape index (κ2) is 7.87. The summed E-state index contributed by atoms with van der Waals surface area (Å²) < 4.78 is 31.8. The molecular weight excluding hydrogens is 376 g/mol. The van der Waals surface area contributed by atoms with Crippen molar-refractivity contribution in [2.24, 2.45) is 0 Å². The maximum Gasteiger partial charge on any atom is 0.316 e. The summed E-state index contributed by atoms with van der Waals surface area (Å²) in [6.45, 7) is 2.28. The Kier molecular flexibility index (Phi) is 5.54. The van der Waals surface area contributed by atoms with Crippen molar-refractivity contribution in [3.05, 3.63) is 51.0 Å². The van der Waals surface area contributed by atoms with Gasteiger partial charge in [0, 0.05) is 42.0 Å². The van der Waals surface area contributed by atoms with Crippen LogP contribution in [0.25, 0.3) is 11.3 Å². The van der Waals surface area contributed by atoms with Gasteiger partial charge in [-0.15, -0.1) is 11.3 Å². The number of alkyl halides is 2. The van der Waals surface area contributed by atoms with Crippen LogP contribution in [-0.2, 0) is 13.0 Å². The molecule has 0 aliphatic carbocycles. The van der Waals surface area contributed by atoms with E-state index in [9.17, 15) is 13.6 Å². The molecule has 7 nitrogen and oxygen atoms in total. The van der Waals surface area contributed by atoms with Gasteiger partial charge in [0.1, 0.15) is 0 Å². The molecule has 3 rings (SSSR count). The Bertz CT molecular complexity index is 966. The van der Waals surface area contributed by atoms with E-state index in [0.717, 1.165) is 23.2 Å². The van der Waals surface area contributed by atoms with E-state index in [1.54, 1.807) is 12.3 Å². The van der Waals surface area contributed by atoms with Crippen molar-refractivity contribution in [2.75, 3.05) is 6.61 Å². The van der Waals surface area contributed by atoms with Gasteiger partial charge in [-0.25, -0.2) is 28.4 Å². The lowest BCUT2D eigenvalue weighted by atomic mass is 10.2. The molecule has 0 N–H and O–H groups in total. The van der Waals surface area contributed by atoms with Gasteiger partial charge < -0.3 is 4.74 Å². The van der Waals surface area contributed by atoms with Crippen molar-refractivity contribution in [3.63, 3.8) is 0 Å². The number of hydrogen-bond acceptors (Lipinski definition) is 7. The number of ether oxygens (including phenoxy) is 1. The van der Waals surface area contributed by atoms with Crippen LogP contribution in [0, 0.1) is 0 Å². The van der Waals surface area contributed by atoms with Crippen molar-refractivity contribution in [1.29, 1.82) is 0 Å². The summed E-state index contributed by atoms with van der Waals surface area (Å²) in [5, 5.41) is 5.33. The molecule has 3 aromatic rings. The van der Waals surface area contributed by atoms with Gasteiger partial charge in [0.25, 0.3) is 11.5 Å². The zero-order chi connectivity index (χ0) is 19.4. The van der Waals surface area contributed by atoms with Gasteiger partial charge in [-0.3, -0.25) is 4.79 Å². The number of aromatic nitrogens is 5. The summed E-state index contributed by atoms with van der Waals surface area (Å²) in [6.07, 6.45) is 5.40. The Balaban J connectivity index is 1.77. The summed E-state index contributed by atoms with van der Waals surface area (Å²) in [5.41, 5.74) is 0.788. The van der Waals surface area contributed by atoms with Crippen LogP contribution >= 0.6 is 11.3 Å². The molecule has 0 saturated heterocycles. The second-order valence-electron chi connectivity index (χ2n) is 5.90. The maximum atomic E-state index is 12.8. The molecule has 0 radical (unpaired) electrons. The average molecular weight is 393 g/mol. The summed E-state index contributed by atoms with van der Waals surface area (Å²) in [7, 11) is 0. The van der Waals surface area contributed by atoms with Gasteiger partial charge in [-0.1, -0.05) is 6.92 Å². The highest BCUT2D eigenvalue weighted by Crippen LogP contribution is 2.18. The highest BCUT2D eigenvalue weighted by atomic mass is 32.1. The number of hydrogen-bond donors (Lipinski definition) is 0. The van der Waals surface area contributed by atoms with E-state index in [1.165, 1.54) is 34.5 Å². The molecule has 0 atom stereocenters. The zero-order valence-electron chi connectivity index (χ0n) is 14.7. The van der Waals surface area contributed by atoms with Crippen LogP contribution in [-0.4, -0.2) is 37.3 Å². The van der Waals surface area contributed by atoms with Gasteiger partial charge in [0.2, 0.25) is 0 Å². The lowest BCUT2D eigenvalue weighted by molar-refractivity contribution is -0.0256. The van der Waals surface area contributed by atoms with E-state index >= 15 is 0 Å². The number of aryl methyl sites for hydroxylation is 1. The van der Waals surface area contributed by atoms with Crippen molar-refractivity contribution in [3.8, 4) is 17.3 Å². The summed E-state index contributed by atoms with van der Waals surface area (Å²) in [4.78, 5) is 25.1. The molecule has 0 aromatic carbocycles. The molecule has 0 unspecified atom stereocenters. The molecule has 0 bridgehead atoms. The second-order valence-corrected chi connectivity index (χ2v) is 7.10. The summed E-state index contributed by atoms with van der Waals surface area (Å²) in [5.74, 6) is -2.96. The fourth-order valence-electron chi connectivity index (χ4n) is 2.16. The Labute approximate surface area is 157 Å². The summed E-state index contributed by atoms with van der Waals surface area (Å²) >= 11 is 1.53. The molecule has 10 heteroatoms. The van der Waals surface area contributed by atoms with Gasteiger partial charge in [0.15, 0.2) is 6.61 Å². The first-order valence-electron chi connectivity index (χ1n) is 8.19. The Morgan fingerprint density at radius 3 is 2.56 bits per heavy atom. The first kappa shape index (κ1) is 19.0. The number of halogens is 2. The van der Waals surface area contributed by atoms with Crippen molar-refractivity contribution < 1.29 is 13.5 Å². The maximum absolute atomic E-state index is 12.8. The minimum Gasteiger partial charge on any atom is -0.457 e. The minimum atomic E-state index is -2.96. The molecule has 0 saturated carbocycles. The molecule has 3 aromatic heterocycles. The van der Waals surface area contributed by atoms with Crippen LogP contribution < -0.4 is 10.3 Å². The van der Waals surface area contributed by atoms with Gasteiger partial charge in [-0.2, -0.15) is 5.10 Å². The van der Waals surface area contributed by atoms with E-state index in [2.05, 4.69) is 20.1 Å². The number of thiazole rings is 1. The highest BCUT2D eigenvalue weighted by molar-refractivity contribution is 7.11. The van der Waals surface area contributed by atoms with E-state index in [-0.39, 0.29) is 11.6 Å². The van der Waals surface area contributed by atoms with Crippen molar-refractivity contribution >= 4 is 11.3 Å². The zero-order valence-corrected chi connectivity index (χ0v) is 15.5. The standard InChI is InChI=1S/C17H17F2N5O2S/c1-3-14-20-8-12(27-14)9-24-15(25)5-4-13(23-24)11-6-21-16(22-7-11)26-10-17(2,18)19/h4-8H,3,9-10H2,1-2H3. The molecule has 142 valence electrons. The Hall–Kier alpha value is -2.75. The van der Waals surface area contributed by atoms with Crippen LogP contribution in [0.3, 0.4) is 0 Å². The van der Waals surface area contributed by atoms with E-state index in [4.69, 9.17) is 4.74 Å². The quantitative estimate of drug-likeness (QED) is 0.614. The third-order valence-corrected chi connectivity index (χ3v) is 4.58. The number of rotatable bonds is 7. The van der Waals surface area contributed by atoms with Crippen LogP contribution in [0.1, 0.15) is 23.7 Å². The van der Waals surface area contributed by atoms with Gasteiger partial charge in [0.05, 0.1) is 17.2 Å². The predicted octanol–water partition coefficient (Wildman–Crippen LogP) is 2.80. The van der Waals surface area contributed by atoms with E-state index < -0.39 is 12.5 Å². The Morgan fingerprint density at radius 2 is 1.93 bits per heavy atom.